The molecular weight excluding hydrogens is 176 g/mol. The van der Waals surface area contributed by atoms with Crippen LogP contribution in [0, 0.1) is 0 Å². The van der Waals surface area contributed by atoms with Gasteiger partial charge in [-0.1, -0.05) is 0 Å². The molecule has 3 nitrogen and oxygen atoms in total. The van der Waals surface area contributed by atoms with Crippen LogP contribution in [0.3, 0.4) is 0 Å². The predicted octanol–water partition coefficient (Wildman–Crippen LogP) is 0.804. The van der Waals surface area contributed by atoms with Gasteiger partial charge in [0.15, 0.2) is 12.4 Å². The Morgan fingerprint density at radius 3 is 2.93 bits per heavy atom. The topological polar surface area (TPSA) is 24.2 Å². The summed E-state index contributed by atoms with van der Waals surface area (Å²) in [5.41, 5.74) is 1.23. The Hall–Kier alpha value is -1.38. The maximum atomic E-state index is 11.4. The van der Waals surface area contributed by atoms with Crippen molar-refractivity contribution in [1.29, 1.82) is 0 Å². The molecule has 1 aliphatic heterocycles. The Morgan fingerprint density at radius 2 is 2.36 bits per heavy atom. The highest BCUT2D eigenvalue weighted by Gasteiger charge is 2.29. The molecule has 1 saturated heterocycles. The van der Waals surface area contributed by atoms with Crippen LogP contribution in [0.15, 0.2) is 24.5 Å². The average molecular weight is 191 g/mol. The highest BCUT2D eigenvalue weighted by molar-refractivity contribution is 5.78. The Labute approximate surface area is 84.0 Å². The third kappa shape index (κ3) is 1.50. The second kappa shape index (κ2) is 3.40. The second-order valence-corrected chi connectivity index (χ2v) is 3.86. The van der Waals surface area contributed by atoms with Gasteiger partial charge in [0.2, 0.25) is 5.91 Å². The minimum Gasteiger partial charge on any atom is -0.338 e. The van der Waals surface area contributed by atoms with Gasteiger partial charge in [-0.2, -0.15) is 0 Å². The van der Waals surface area contributed by atoms with Crippen LogP contribution < -0.4 is 4.57 Å². The summed E-state index contributed by atoms with van der Waals surface area (Å²) in [5.74, 6) is 0.251. The van der Waals surface area contributed by atoms with Crippen LogP contribution >= 0.6 is 0 Å². The van der Waals surface area contributed by atoms with E-state index in [1.54, 1.807) is 0 Å². The average Bonchev–Trinajstić information content (AvgIpc) is 2.48. The summed E-state index contributed by atoms with van der Waals surface area (Å²) >= 11 is 0. The van der Waals surface area contributed by atoms with E-state index >= 15 is 0 Å². The molecule has 74 valence electrons. The van der Waals surface area contributed by atoms with Crippen LogP contribution in [0.1, 0.15) is 24.4 Å². The number of aromatic nitrogens is 1. The largest absolute Gasteiger partial charge is 0.338 e. The molecule has 2 rings (SSSR count). The number of rotatable bonds is 1. The number of hydrogen-bond donors (Lipinski definition) is 0. The van der Waals surface area contributed by atoms with Gasteiger partial charge in [0.25, 0.3) is 0 Å². The molecule has 0 saturated carbocycles. The molecule has 1 fully saturated rings. The van der Waals surface area contributed by atoms with E-state index in [0.29, 0.717) is 6.42 Å². The van der Waals surface area contributed by atoms with Crippen molar-refractivity contribution >= 4 is 5.91 Å². The molecule has 1 aromatic heterocycles. The number of pyridine rings is 1. The smallest absolute Gasteiger partial charge is 0.222 e. The SMILES string of the molecule is CN1C(=O)CC[C@H]1c1ccc[n+](C)c1. The van der Waals surface area contributed by atoms with Crippen LogP contribution in [0.2, 0.25) is 0 Å². The summed E-state index contributed by atoms with van der Waals surface area (Å²) in [4.78, 5) is 13.2. The maximum absolute atomic E-state index is 11.4. The number of carbonyl (C=O) groups is 1. The molecule has 1 aromatic rings. The maximum Gasteiger partial charge on any atom is 0.222 e. The van der Waals surface area contributed by atoms with Crippen molar-refractivity contribution in [3.8, 4) is 0 Å². The fourth-order valence-corrected chi connectivity index (χ4v) is 2.00. The predicted molar refractivity (Wildman–Crippen MR) is 52.4 cm³/mol. The molecule has 0 unspecified atom stereocenters. The first kappa shape index (κ1) is 9.19. The summed E-state index contributed by atoms with van der Waals surface area (Å²) in [6.45, 7) is 0. The Morgan fingerprint density at radius 1 is 1.57 bits per heavy atom. The standard InChI is InChI=1S/C11H15N2O/c1-12-7-3-4-9(8-12)10-5-6-11(14)13(10)2/h3-4,7-8,10H,5-6H2,1-2H3/q+1/t10-/m0/s1. The van der Waals surface area contributed by atoms with Crippen molar-refractivity contribution < 1.29 is 9.36 Å². The van der Waals surface area contributed by atoms with Crippen LogP contribution in [0.25, 0.3) is 0 Å². The van der Waals surface area contributed by atoms with E-state index in [0.717, 1.165) is 6.42 Å². The Bertz CT molecular complexity index is 362. The summed E-state index contributed by atoms with van der Waals surface area (Å²) in [6.07, 6.45) is 5.71. The Kier molecular flexibility index (Phi) is 2.23. The van der Waals surface area contributed by atoms with E-state index in [1.165, 1.54) is 5.56 Å². The molecule has 0 radical (unpaired) electrons. The van der Waals surface area contributed by atoms with Crippen molar-refractivity contribution in [2.24, 2.45) is 7.05 Å². The van der Waals surface area contributed by atoms with Gasteiger partial charge in [-0.15, -0.1) is 0 Å². The highest BCUT2D eigenvalue weighted by atomic mass is 16.2. The lowest BCUT2D eigenvalue weighted by Crippen LogP contribution is -2.29. The zero-order valence-corrected chi connectivity index (χ0v) is 8.60. The zero-order chi connectivity index (χ0) is 10.1. The summed E-state index contributed by atoms with van der Waals surface area (Å²) < 4.78 is 2.02. The van der Waals surface area contributed by atoms with Crippen molar-refractivity contribution in [2.75, 3.05) is 7.05 Å². The van der Waals surface area contributed by atoms with Crippen molar-refractivity contribution in [1.82, 2.24) is 4.90 Å². The van der Waals surface area contributed by atoms with Gasteiger partial charge in [-0.25, -0.2) is 4.57 Å². The first-order chi connectivity index (χ1) is 6.68. The van der Waals surface area contributed by atoms with Gasteiger partial charge in [0.05, 0.1) is 6.04 Å². The number of hydrogen-bond acceptors (Lipinski definition) is 1. The van der Waals surface area contributed by atoms with E-state index in [4.69, 9.17) is 0 Å². The van der Waals surface area contributed by atoms with Crippen LogP contribution in [0.4, 0.5) is 0 Å². The van der Waals surface area contributed by atoms with Crippen LogP contribution in [-0.4, -0.2) is 17.9 Å². The van der Waals surface area contributed by atoms with Crippen molar-refractivity contribution in [2.45, 2.75) is 18.9 Å². The quantitative estimate of drug-likeness (QED) is 0.603. The number of amides is 1. The highest BCUT2D eigenvalue weighted by Crippen LogP contribution is 2.30. The molecule has 0 aliphatic carbocycles. The Balaban J connectivity index is 2.28. The molecule has 0 bridgehead atoms. The number of carbonyl (C=O) groups excluding carboxylic acids is 1. The van der Waals surface area contributed by atoms with Gasteiger partial charge in [0, 0.05) is 25.1 Å². The first-order valence-electron chi connectivity index (χ1n) is 4.89. The van der Waals surface area contributed by atoms with E-state index in [-0.39, 0.29) is 11.9 Å². The monoisotopic (exact) mass is 191 g/mol. The van der Waals surface area contributed by atoms with E-state index in [1.807, 2.05) is 35.8 Å². The molecule has 1 aliphatic rings. The molecule has 0 aromatic carbocycles. The first-order valence-corrected chi connectivity index (χ1v) is 4.89. The third-order valence-corrected chi connectivity index (χ3v) is 2.84. The van der Waals surface area contributed by atoms with Gasteiger partial charge >= 0.3 is 0 Å². The number of likely N-dealkylation sites (tertiary alicyclic amines) is 1. The number of aryl methyl sites for hydroxylation is 1. The summed E-state index contributed by atoms with van der Waals surface area (Å²) in [6, 6.07) is 4.38. The lowest BCUT2D eigenvalue weighted by molar-refractivity contribution is -0.672. The van der Waals surface area contributed by atoms with Crippen LogP contribution in [-0.2, 0) is 11.8 Å². The van der Waals surface area contributed by atoms with E-state index in [2.05, 4.69) is 12.3 Å². The zero-order valence-electron chi connectivity index (χ0n) is 8.60. The van der Waals surface area contributed by atoms with Crippen molar-refractivity contribution in [3.05, 3.63) is 30.1 Å². The van der Waals surface area contributed by atoms with E-state index in [9.17, 15) is 4.79 Å². The van der Waals surface area contributed by atoms with Crippen molar-refractivity contribution in [3.63, 3.8) is 0 Å². The number of nitrogens with zero attached hydrogens (tertiary/aromatic N) is 2. The summed E-state index contributed by atoms with van der Waals surface area (Å²) in [7, 11) is 3.88. The van der Waals surface area contributed by atoms with Gasteiger partial charge in [-0.05, 0) is 12.5 Å². The van der Waals surface area contributed by atoms with Gasteiger partial charge in [-0.3, -0.25) is 4.79 Å². The summed E-state index contributed by atoms with van der Waals surface area (Å²) in [5, 5.41) is 0. The fraction of sp³-hybridized carbons (Fsp3) is 0.455. The van der Waals surface area contributed by atoms with Crippen LogP contribution in [0.5, 0.6) is 0 Å². The normalized spacial score (nSPS) is 21.7. The molecule has 14 heavy (non-hydrogen) atoms. The molecule has 0 spiro atoms. The van der Waals surface area contributed by atoms with E-state index < -0.39 is 0 Å². The molecule has 0 N–H and O–H groups in total. The lowest BCUT2D eigenvalue weighted by Gasteiger charge is -2.18. The van der Waals surface area contributed by atoms with Gasteiger partial charge < -0.3 is 4.90 Å². The molecule has 3 heteroatoms. The minimum atomic E-state index is 0.251. The fourth-order valence-electron chi connectivity index (χ4n) is 2.00. The lowest BCUT2D eigenvalue weighted by atomic mass is 10.1. The molecule has 1 atom stereocenters. The second-order valence-electron chi connectivity index (χ2n) is 3.86. The van der Waals surface area contributed by atoms with Gasteiger partial charge in [0.1, 0.15) is 7.05 Å². The minimum absolute atomic E-state index is 0.251. The molecular formula is C11H15N2O+. The molecule has 2 heterocycles. The molecule has 1 amide bonds. The third-order valence-electron chi connectivity index (χ3n) is 2.84.